The summed E-state index contributed by atoms with van der Waals surface area (Å²) in [6.07, 6.45) is 7.81. The highest BCUT2D eigenvalue weighted by Crippen LogP contribution is 2.59. The van der Waals surface area contributed by atoms with Crippen molar-refractivity contribution >= 4 is 15.8 Å². The van der Waals surface area contributed by atoms with Crippen LogP contribution < -0.4 is 0 Å². The normalized spacial score (nSPS) is 25.6. The van der Waals surface area contributed by atoms with E-state index in [1.165, 1.54) is 16.1 Å². The first-order valence-electron chi connectivity index (χ1n) is 16.7. The van der Waals surface area contributed by atoms with Crippen molar-refractivity contribution in [3.05, 3.63) is 107 Å². The number of carbonyl (C=O) groups is 1. The minimum atomic E-state index is -3.53. The second-order valence-electron chi connectivity index (χ2n) is 13.8. The molecular weight excluding hydrogens is 594 g/mol. The van der Waals surface area contributed by atoms with E-state index in [0.717, 1.165) is 28.7 Å². The van der Waals surface area contributed by atoms with Gasteiger partial charge in [-0.2, -0.15) is 4.31 Å². The van der Waals surface area contributed by atoms with Gasteiger partial charge in [-0.25, -0.2) is 8.42 Å². The van der Waals surface area contributed by atoms with E-state index in [1.54, 1.807) is 0 Å². The van der Waals surface area contributed by atoms with Crippen LogP contribution in [0.2, 0.25) is 0 Å². The number of allylic oxidation sites excluding steroid dienone is 2. The summed E-state index contributed by atoms with van der Waals surface area (Å²) in [5.41, 5.74) is 4.30. The van der Waals surface area contributed by atoms with Gasteiger partial charge in [-0.05, 0) is 92.5 Å². The molecule has 6 rings (SSSR count). The van der Waals surface area contributed by atoms with Crippen LogP contribution in [0.5, 0.6) is 0 Å². The Morgan fingerprint density at radius 1 is 0.978 bits per heavy atom. The first-order chi connectivity index (χ1) is 21.8. The maximum Gasteiger partial charge on any atom is 0.211 e. The predicted molar refractivity (Wildman–Crippen MR) is 185 cm³/mol. The van der Waals surface area contributed by atoms with Crippen LogP contribution >= 0.6 is 0 Å². The second kappa shape index (κ2) is 13.9. The fraction of sp³-hybridized carbons (Fsp3) is 0.462. The summed E-state index contributed by atoms with van der Waals surface area (Å²) in [5.74, 6) is -0.256. The lowest BCUT2D eigenvalue weighted by atomic mass is 9.64. The van der Waals surface area contributed by atoms with Crippen molar-refractivity contribution < 1.29 is 23.4 Å². The fourth-order valence-corrected chi connectivity index (χ4v) is 8.66. The number of rotatable bonds is 8. The quantitative estimate of drug-likeness (QED) is 0.199. The van der Waals surface area contributed by atoms with E-state index in [0.29, 0.717) is 62.6 Å². The molecule has 3 aromatic carbocycles. The van der Waals surface area contributed by atoms with Crippen LogP contribution in [0, 0.1) is 5.41 Å². The average molecular weight is 644 g/mol. The van der Waals surface area contributed by atoms with E-state index in [4.69, 9.17) is 0 Å². The van der Waals surface area contributed by atoms with Crippen molar-refractivity contribution in [2.45, 2.75) is 89.8 Å². The Morgan fingerprint density at radius 3 is 2.35 bits per heavy atom. The lowest BCUT2D eigenvalue weighted by Crippen LogP contribution is -2.53. The molecule has 0 radical (unpaired) electrons. The molecule has 2 bridgehead atoms. The summed E-state index contributed by atoms with van der Waals surface area (Å²) in [4.78, 5) is 14.4. The number of nitrogens with zero attached hydrogens (tertiary/aromatic N) is 1. The maximum atomic E-state index is 14.4. The lowest BCUT2D eigenvalue weighted by molar-refractivity contribution is -0.0723. The van der Waals surface area contributed by atoms with Gasteiger partial charge in [0.1, 0.15) is 0 Å². The van der Waals surface area contributed by atoms with Gasteiger partial charge in [0.05, 0.1) is 18.0 Å². The van der Waals surface area contributed by atoms with Crippen LogP contribution in [0.1, 0.15) is 98.7 Å². The zero-order valence-corrected chi connectivity index (χ0v) is 28.5. The molecule has 3 aromatic rings. The minimum Gasteiger partial charge on any atom is -0.393 e. The molecule has 3 aliphatic rings. The van der Waals surface area contributed by atoms with Gasteiger partial charge in [-0.3, -0.25) is 4.79 Å². The monoisotopic (exact) mass is 643 g/mol. The van der Waals surface area contributed by atoms with E-state index in [9.17, 15) is 23.4 Å². The van der Waals surface area contributed by atoms with E-state index in [-0.39, 0.29) is 18.2 Å². The molecule has 246 valence electrons. The third kappa shape index (κ3) is 7.23. The van der Waals surface area contributed by atoms with Crippen LogP contribution in [0.25, 0.3) is 11.1 Å². The Labute approximate surface area is 275 Å². The molecule has 1 fully saturated rings. The Kier molecular flexibility index (Phi) is 10.4. The average Bonchev–Trinajstić information content (AvgIpc) is 3.28. The van der Waals surface area contributed by atoms with Gasteiger partial charge in [-0.15, -0.1) is 0 Å². The minimum absolute atomic E-state index is 0.0316. The first-order valence-corrected chi connectivity index (χ1v) is 18.5. The highest BCUT2D eigenvalue weighted by molar-refractivity contribution is 7.88. The Balaban J connectivity index is 1.60. The number of benzene rings is 3. The van der Waals surface area contributed by atoms with Crippen molar-refractivity contribution in [2.24, 2.45) is 5.41 Å². The van der Waals surface area contributed by atoms with E-state index < -0.39 is 27.1 Å². The molecular formula is C39H49NO5S. The van der Waals surface area contributed by atoms with Gasteiger partial charge in [-0.1, -0.05) is 92.2 Å². The molecule has 3 aliphatic carbocycles. The summed E-state index contributed by atoms with van der Waals surface area (Å²) in [7, 11) is -3.53. The number of ketones is 1. The summed E-state index contributed by atoms with van der Waals surface area (Å²) < 4.78 is 27.1. The standard InChI is InChI=1S/C39H49NO5S/c1-5-24-40(46(4,44)45)27-39(43)23-21-36-34-20-14-29(25-33(41)19-13-28(2)10-9-22-38(36,39)3)26-35(34)37(42)32-17-15-31(16-18-32)30-11-7-6-8-12-30/h6-8,10-12,14-18,20,26,33,36,41,43H,5,9,13,19,21-25,27H2,1-4H3. The largest absolute Gasteiger partial charge is 0.393 e. The number of hydrogen-bond donors (Lipinski definition) is 2. The zero-order valence-electron chi connectivity index (χ0n) is 27.7. The maximum absolute atomic E-state index is 14.4. The van der Waals surface area contributed by atoms with Gasteiger partial charge >= 0.3 is 0 Å². The summed E-state index contributed by atoms with van der Waals surface area (Å²) in [6.45, 7) is 6.50. The van der Waals surface area contributed by atoms with Gasteiger partial charge in [0.2, 0.25) is 10.0 Å². The zero-order chi connectivity index (χ0) is 33.1. The highest BCUT2D eigenvalue weighted by Gasteiger charge is 2.57. The van der Waals surface area contributed by atoms with Gasteiger partial charge < -0.3 is 10.2 Å². The summed E-state index contributed by atoms with van der Waals surface area (Å²) >= 11 is 0. The van der Waals surface area contributed by atoms with Crippen LogP contribution in [-0.2, 0) is 16.4 Å². The number of carbonyl (C=O) groups excluding carboxylic acids is 1. The first kappa shape index (κ1) is 34.2. The van der Waals surface area contributed by atoms with Crippen LogP contribution in [0.3, 0.4) is 0 Å². The molecule has 4 atom stereocenters. The fourth-order valence-electron chi connectivity index (χ4n) is 7.70. The molecule has 0 aromatic heterocycles. The van der Waals surface area contributed by atoms with Crippen molar-refractivity contribution in [3.63, 3.8) is 0 Å². The Morgan fingerprint density at radius 2 is 1.67 bits per heavy atom. The third-order valence-electron chi connectivity index (χ3n) is 10.6. The van der Waals surface area contributed by atoms with Crippen molar-refractivity contribution in [2.75, 3.05) is 19.3 Å². The molecule has 0 aliphatic heterocycles. The SMILES string of the molecule is CCCN(CC1(O)CCC2c3ccc(cc3C(=O)c3ccc(-c4ccccc4)cc3)CC(O)CCC(C)=CCCC21C)S(C)(=O)=O. The number of sulfonamides is 1. The van der Waals surface area contributed by atoms with E-state index in [1.807, 2.05) is 79.7 Å². The van der Waals surface area contributed by atoms with Gasteiger partial charge in [0, 0.05) is 29.6 Å². The molecule has 0 heterocycles. The molecule has 46 heavy (non-hydrogen) atoms. The van der Waals surface area contributed by atoms with Crippen molar-refractivity contribution in [1.82, 2.24) is 4.31 Å². The molecule has 1 saturated carbocycles. The number of fused-ring (bicyclic) bond motifs is 8. The van der Waals surface area contributed by atoms with Crippen molar-refractivity contribution in [1.29, 1.82) is 0 Å². The molecule has 7 heteroatoms. The van der Waals surface area contributed by atoms with E-state index >= 15 is 0 Å². The Bertz CT molecular complexity index is 1670. The van der Waals surface area contributed by atoms with E-state index in [2.05, 4.69) is 19.9 Å². The van der Waals surface area contributed by atoms with Crippen LogP contribution in [0.15, 0.2) is 84.4 Å². The molecule has 0 amide bonds. The summed E-state index contributed by atoms with van der Waals surface area (Å²) in [6, 6.07) is 23.7. The third-order valence-corrected chi connectivity index (χ3v) is 11.8. The number of aliphatic hydroxyl groups excluding tert-OH is 1. The number of aliphatic hydroxyl groups is 2. The molecule has 0 saturated heterocycles. The topological polar surface area (TPSA) is 94.9 Å². The van der Waals surface area contributed by atoms with Gasteiger partial charge in [0.15, 0.2) is 5.78 Å². The molecule has 0 spiro atoms. The van der Waals surface area contributed by atoms with Crippen LogP contribution in [-0.4, -0.2) is 59.8 Å². The lowest BCUT2D eigenvalue weighted by Gasteiger charge is -2.45. The highest BCUT2D eigenvalue weighted by atomic mass is 32.2. The second-order valence-corrected chi connectivity index (χ2v) is 15.8. The summed E-state index contributed by atoms with van der Waals surface area (Å²) in [5, 5.41) is 23.4. The molecule has 2 N–H and O–H groups in total. The predicted octanol–water partition coefficient (Wildman–Crippen LogP) is 7.29. The molecule has 4 unspecified atom stereocenters. The van der Waals surface area contributed by atoms with Gasteiger partial charge in [0.25, 0.3) is 0 Å². The smallest absolute Gasteiger partial charge is 0.211 e. The number of hydrogen-bond acceptors (Lipinski definition) is 5. The van der Waals surface area contributed by atoms with Crippen LogP contribution in [0.4, 0.5) is 0 Å². The molecule has 6 nitrogen and oxygen atoms in total. The Hall–Kier alpha value is -3.10. The van der Waals surface area contributed by atoms with Crippen molar-refractivity contribution in [3.8, 4) is 11.1 Å².